The molecule has 0 fully saturated rings. The first kappa shape index (κ1) is 15.5. The average molecular weight is 367 g/mol. The molecule has 1 amide bonds. The lowest BCUT2D eigenvalue weighted by molar-refractivity contribution is -0.113. The van der Waals surface area contributed by atoms with Gasteiger partial charge in [-0.1, -0.05) is 12.1 Å². The minimum atomic E-state index is -1.01. The van der Waals surface area contributed by atoms with Gasteiger partial charge in [0.1, 0.15) is 5.82 Å². The third-order valence-electron chi connectivity index (χ3n) is 2.47. The summed E-state index contributed by atoms with van der Waals surface area (Å²) in [5.74, 6) is -0.680. The Balaban J connectivity index is 1.95. The first-order valence-corrected chi connectivity index (χ1v) is 7.70. The number of carboxylic acids is 1. The van der Waals surface area contributed by atoms with Crippen LogP contribution in [-0.2, 0) is 4.79 Å². The highest BCUT2D eigenvalue weighted by Gasteiger charge is 2.11. The summed E-state index contributed by atoms with van der Waals surface area (Å²) >= 11 is 4.44. The number of hydrogen-bond donors (Lipinski definition) is 2. The number of halogens is 1. The van der Waals surface area contributed by atoms with Crippen molar-refractivity contribution in [2.45, 2.75) is 4.90 Å². The Labute approximate surface area is 133 Å². The first-order chi connectivity index (χ1) is 10.1. The Kier molecular flexibility index (Phi) is 5.35. The maximum absolute atomic E-state index is 11.8. The number of carboxylic acid groups (broad SMARTS) is 1. The van der Waals surface area contributed by atoms with Crippen LogP contribution < -0.4 is 5.32 Å². The van der Waals surface area contributed by atoms with Crippen LogP contribution in [0, 0.1) is 0 Å². The maximum Gasteiger partial charge on any atom is 0.336 e. The van der Waals surface area contributed by atoms with Crippen LogP contribution in [0.2, 0.25) is 0 Å². The van der Waals surface area contributed by atoms with Gasteiger partial charge in [0.05, 0.1) is 11.3 Å². The van der Waals surface area contributed by atoms with Crippen LogP contribution in [-0.4, -0.2) is 27.7 Å². The van der Waals surface area contributed by atoms with Gasteiger partial charge in [0, 0.05) is 15.6 Å². The zero-order valence-corrected chi connectivity index (χ0v) is 13.1. The highest BCUT2D eigenvalue weighted by molar-refractivity contribution is 9.10. The third kappa shape index (κ3) is 4.57. The summed E-state index contributed by atoms with van der Waals surface area (Å²) < 4.78 is 0.824. The van der Waals surface area contributed by atoms with Gasteiger partial charge in [-0.15, -0.1) is 11.8 Å². The molecule has 108 valence electrons. The molecule has 0 saturated heterocycles. The summed E-state index contributed by atoms with van der Waals surface area (Å²) in [5, 5.41) is 11.7. The van der Waals surface area contributed by atoms with Crippen molar-refractivity contribution in [1.82, 2.24) is 4.98 Å². The van der Waals surface area contributed by atoms with Gasteiger partial charge in [-0.25, -0.2) is 9.78 Å². The average Bonchev–Trinajstić information content (AvgIpc) is 2.48. The van der Waals surface area contributed by atoms with Gasteiger partial charge in [-0.2, -0.15) is 0 Å². The Morgan fingerprint density at radius 2 is 2.00 bits per heavy atom. The van der Waals surface area contributed by atoms with E-state index in [1.165, 1.54) is 17.8 Å². The molecule has 5 nitrogen and oxygen atoms in total. The van der Waals surface area contributed by atoms with Gasteiger partial charge in [-0.05, 0) is 40.2 Å². The van der Waals surface area contributed by atoms with Crippen LogP contribution in [0.5, 0.6) is 0 Å². The Morgan fingerprint density at radius 3 is 2.67 bits per heavy atom. The van der Waals surface area contributed by atoms with Crippen molar-refractivity contribution in [1.29, 1.82) is 0 Å². The second-order valence-corrected chi connectivity index (χ2v) is 5.93. The molecule has 21 heavy (non-hydrogen) atoms. The zero-order chi connectivity index (χ0) is 15.2. The van der Waals surface area contributed by atoms with Gasteiger partial charge in [-0.3, -0.25) is 4.79 Å². The molecule has 2 rings (SSSR count). The molecule has 0 aliphatic rings. The van der Waals surface area contributed by atoms with E-state index >= 15 is 0 Å². The summed E-state index contributed by atoms with van der Waals surface area (Å²) in [6.07, 6.45) is 1.59. The Bertz CT molecular complexity index is 662. The van der Waals surface area contributed by atoms with Gasteiger partial charge in [0.2, 0.25) is 5.91 Å². The van der Waals surface area contributed by atoms with E-state index in [9.17, 15) is 9.59 Å². The number of rotatable bonds is 5. The van der Waals surface area contributed by atoms with E-state index in [0.717, 1.165) is 4.47 Å². The lowest BCUT2D eigenvalue weighted by atomic mass is 10.2. The second-order valence-electron chi connectivity index (χ2n) is 4.00. The summed E-state index contributed by atoms with van der Waals surface area (Å²) in [6, 6.07) is 10.0. The number of amides is 1. The molecule has 0 saturated carbocycles. The van der Waals surface area contributed by atoms with Gasteiger partial charge >= 0.3 is 5.97 Å². The fourth-order valence-corrected chi connectivity index (χ4v) is 2.62. The number of aromatic nitrogens is 1. The van der Waals surface area contributed by atoms with E-state index in [-0.39, 0.29) is 17.2 Å². The number of thioether (sulfide) groups is 1. The smallest absolute Gasteiger partial charge is 0.336 e. The molecular weight excluding hydrogens is 356 g/mol. The number of benzene rings is 1. The van der Waals surface area contributed by atoms with E-state index in [1.807, 2.05) is 0 Å². The lowest BCUT2D eigenvalue weighted by Crippen LogP contribution is -2.15. The maximum atomic E-state index is 11.8. The minimum absolute atomic E-state index is 0.113. The molecular formula is C14H11BrN2O3S. The van der Waals surface area contributed by atoms with Crippen LogP contribution >= 0.6 is 27.7 Å². The molecule has 1 heterocycles. The molecule has 1 aromatic heterocycles. The third-order valence-corrected chi connectivity index (χ3v) is 4.01. The Hall–Kier alpha value is -1.86. The molecule has 1 aromatic carbocycles. The molecule has 0 atom stereocenters. The number of pyridine rings is 1. The molecule has 0 spiro atoms. The van der Waals surface area contributed by atoms with Crippen molar-refractivity contribution < 1.29 is 14.7 Å². The molecule has 0 unspecified atom stereocenters. The molecule has 0 bridgehead atoms. The van der Waals surface area contributed by atoms with Crippen LogP contribution in [0.25, 0.3) is 0 Å². The summed E-state index contributed by atoms with van der Waals surface area (Å²) in [7, 11) is 0. The zero-order valence-electron chi connectivity index (χ0n) is 10.7. The number of aromatic carboxylic acids is 1. The monoisotopic (exact) mass is 366 g/mol. The van der Waals surface area contributed by atoms with Crippen LogP contribution in [0.15, 0.2) is 52.0 Å². The summed E-state index contributed by atoms with van der Waals surface area (Å²) in [5.41, 5.74) is 0.192. The predicted molar refractivity (Wildman–Crippen MR) is 84.7 cm³/mol. The van der Waals surface area contributed by atoms with E-state index < -0.39 is 5.97 Å². The predicted octanol–water partition coefficient (Wildman–Crippen LogP) is 3.27. The number of anilines is 1. The SMILES string of the molecule is O=C(CSc1ccccc1C(=O)O)Nc1ccc(Br)cn1. The highest BCUT2D eigenvalue weighted by atomic mass is 79.9. The quantitative estimate of drug-likeness (QED) is 0.793. The molecule has 2 N–H and O–H groups in total. The van der Waals surface area contributed by atoms with E-state index in [1.54, 1.807) is 36.5 Å². The van der Waals surface area contributed by atoms with Crippen molar-refractivity contribution >= 4 is 45.4 Å². The summed E-state index contributed by atoms with van der Waals surface area (Å²) in [4.78, 5) is 27.5. The van der Waals surface area contributed by atoms with Crippen molar-refractivity contribution in [2.75, 3.05) is 11.1 Å². The molecule has 0 aliphatic heterocycles. The van der Waals surface area contributed by atoms with E-state index in [4.69, 9.17) is 5.11 Å². The number of carbonyl (C=O) groups is 2. The second kappa shape index (κ2) is 7.24. The number of carbonyl (C=O) groups excluding carboxylic acids is 1. The van der Waals surface area contributed by atoms with Crippen LogP contribution in [0.4, 0.5) is 5.82 Å². The van der Waals surface area contributed by atoms with E-state index in [0.29, 0.717) is 10.7 Å². The number of hydrogen-bond acceptors (Lipinski definition) is 4. The number of nitrogens with one attached hydrogen (secondary N) is 1. The highest BCUT2D eigenvalue weighted by Crippen LogP contribution is 2.22. The topological polar surface area (TPSA) is 79.3 Å². The molecule has 2 aromatic rings. The van der Waals surface area contributed by atoms with Gasteiger partial charge < -0.3 is 10.4 Å². The molecule has 0 radical (unpaired) electrons. The fourth-order valence-electron chi connectivity index (χ4n) is 1.54. The standard InChI is InChI=1S/C14H11BrN2O3S/c15-9-5-6-12(16-7-9)17-13(18)8-21-11-4-2-1-3-10(11)14(19)20/h1-7H,8H2,(H,19,20)(H,16,17,18). The summed E-state index contributed by atoms with van der Waals surface area (Å²) in [6.45, 7) is 0. The van der Waals surface area contributed by atoms with Crippen LogP contribution in [0.1, 0.15) is 10.4 Å². The van der Waals surface area contributed by atoms with Crippen LogP contribution in [0.3, 0.4) is 0 Å². The van der Waals surface area contributed by atoms with E-state index in [2.05, 4.69) is 26.2 Å². The van der Waals surface area contributed by atoms with Crippen molar-refractivity contribution in [3.63, 3.8) is 0 Å². The molecule has 7 heteroatoms. The minimum Gasteiger partial charge on any atom is -0.478 e. The largest absolute Gasteiger partial charge is 0.478 e. The molecule has 0 aliphatic carbocycles. The first-order valence-electron chi connectivity index (χ1n) is 5.93. The van der Waals surface area contributed by atoms with Gasteiger partial charge in [0.25, 0.3) is 0 Å². The fraction of sp³-hybridized carbons (Fsp3) is 0.0714. The van der Waals surface area contributed by atoms with Crippen molar-refractivity contribution in [2.24, 2.45) is 0 Å². The Morgan fingerprint density at radius 1 is 1.24 bits per heavy atom. The van der Waals surface area contributed by atoms with Crippen molar-refractivity contribution in [3.05, 3.63) is 52.6 Å². The lowest BCUT2D eigenvalue weighted by Gasteiger charge is -2.06. The van der Waals surface area contributed by atoms with Gasteiger partial charge in [0.15, 0.2) is 0 Å². The number of nitrogens with zero attached hydrogens (tertiary/aromatic N) is 1. The van der Waals surface area contributed by atoms with Crippen molar-refractivity contribution in [3.8, 4) is 0 Å². The normalized spacial score (nSPS) is 10.1.